The van der Waals surface area contributed by atoms with E-state index in [2.05, 4.69) is 9.40 Å². The van der Waals surface area contributed by atoms with Crippen LogP contribution in [0.2, 0.25) is 0 Å². The third-order valence-corrected chi connectivity index (χ3v) is 2.63. The largest absolute Gasteiger partial charge is 0.436 e. The minimum absolute atomic E-state index is 0.0133. The number of nitrogens with zero attached hydrogens (tertiary/aromatic N) is 1. The second-order valence-electron chi connectivity index (χ2n) is 4.16. The van der Waals surface area contributed by atoms with Crippen molar-refractivity contribution < 1.29 is 22.0 Å². The second-order valence-corrected chi connectivity index (χ2v) is 4.16. The Bertz CT molecular complexity index is 694. The fourth-order valence-electron chi connectivity index (χ4n) is 1.77. The smallest absolute Gasteiger partial charge is 0.364 e. The van der Waals surface area contributed by atoms with Crippen molar-refractivity contribution in [3.63, 3.8) is 0 Å². The third-order valence-electron chi connectivity index (χ3n) is 2.63. The summed E-state index contributed by atoms with van der Waals surface area (Å²) in [6.45, 7) is 3.16. The van der Waals surface area contributed by atoms with Crippen LogP contribution >= 0.6 is 0 Å². The van der Waals surface area contributed by atoms with E-state index in [9.17, 15) is 22.4 Å². The number of aryl methyl sites for hydroxylation is 2. The highest BCUT2D eigenvalue weighted by atomic mass is 19.3. The number of hydrogen-bond acceptors (Lipinski definition) is 3. The number of hydrogen-bond donors (Lipinski definition) is 0. The molecule has 0 aliphatic rings. The van der Waals surface area contributed by atoms with Crippen molar-refractivity contribution in [1.29, 1.82) is 0 Å². The van der Waals surface area contributed by atoms with Crippen LogP contribution in [0.15, 0.2) is 21.3 Å². The lowest BCUT2D eigenvalue weighted by Crippen LogP contribution is -2.25. The molecule has 0 radical (unpaired) electrons. The van der Waals surface area contributed by atoms with Gasteiger partial charge in [-0.15, -0.1) is 0 Å². The van der Waals surface area contributed by atoms with E-state index >= 15 is 0 Å². The van der Waals surface area contributed by atoms with Gasteiger partial charge in [0.1, 0.15) is 0 Å². The lowest BCUT2D eigenvalue weighted by molar-refractivity contribution is -0.147. The molecule has 2 aromatic heterocycles. The van der Waals surface area contributed by atoms with Crippen molar-refractivity contribution in [3.05, 3.63) is 39.4 Å². The van der Waals surface area contributed by atoms with Gasteiger partial charge in [-0.1, -0.05) is 0 Å². The molecule has 0 N–H and O–H groups in total. The van der Waals surface area contributed by atoms with Crippen molar-refractivity contribution in [2.24, 2.45) is 0 Å². The zero-order valence-corrected chi connectivity index (χ0v) is 10.0. The number of aromatic nitrogens is 1. The van der Waals surface area contributed by atoms with Crippen LogP contribution in [-0.4, -0.2) is 11.4 Å². The molecule has 0 bridgehead atoms. The average molecular weight is 275 g/mol. The van der Waals surface area contributed by atoms with Crippen LogP contribution in [0.4, 0.5) is 17.6 Å². The molecular weight excluding hydrogens is 266 g/mol. The summed E-state index contributed by atoms with van der Waals surface area (Å²) in [6.07, 6.45) is -3.96. The highest BCUT2D eigenvalue weighted by Gasteiger charge is 2.46. The molecule has 0 unspecified atom stereocenters. The Morgan fingerprint density at radius 2 is 1.89 bits per heavy atom. The molecule has 0 aliphatic carbocycles. The third kappa shape index (κ3) is 2.20. The molecule has 7 heteroatoms. The van der Waals surface area contributed by atoms with Gasteiger partial charge in [0.05, 0.1) is 5.39 Å². The molecule has 0 fully saturated rings. The van der Waals surface area contributed by atoms with Gasteiger partial charge in [0.2, 0.25) is 5.71 Å². The predicted molar refractivity (Wildman–Crippen MR) is 59.7 cm³/mol. The lowest BCUT2D eigenvalue weighted by Gasteiger charge is -2.14. The maximum atomic E-state index is 13.2. The summed E-state index contributed by atoms with van der Waals surface area (Å²) in [5, 5.41) is 0.0133. The maximum Gasteiger partial charge on any atom is 0.364 e. The van der Waals surface area contributed by atoms with Crippen molar-refractivity contribution in [2.45, 2.75) is 26.2 Å². The van der Waals surface area contributed by atoms with E-state index < -0.39 is 23.5 Å². The minimum Gasteiger partial charge on any atom is -0.436 e. The summed E-state index contributed by atoms with van der Waals surface area (Å²) in [7, 11) is 0. The van der Waals surface area contributed by atoms with E-state index in [1.54, 1.807) is 19.9 Å². The van der Waals surface area contributed by atoms with Gasteiger partial charge < -0.3 is 4.42 Å². The van der Waals surface area contributed by atoms with E-state index in [1.165, 1.54) is 0 Å². The molecule has 3 nitrogen and oxygen atoms in total. The van der Waals surface area contributed by atoms with Gasteiger partial charge in [0.15, 0.2) is 11.2 Å². The van der Waals surface area contributed by atoms with E-state index in [0.29, 0.717) is 17.3 Å². The van der Waals surface area contributed by atoms with Gasteiger partial charge in [-0.25, -0.2) is 13.8 Å². The van der Waals surface area contributed by atoms with E-state index in [1.807, 2.05) is 0 Å². The molecule has 0 aliphatic heterocycles. The lowest BCUT2D eigenvalue weighted by atomic mass is 10.1. The summed E-state index contributed by atoms with van der Waals surface area (Å²) in [5.41, 5.74) is -0.254. The summed E-state index contributed by atoms with van der Waals surface area (Å²) in [6, 6.07) is 1.96. The fraction of sp³-hybridized carbons (Fsp3) is 0.333. The van der Waals surface area contributed by atoms with E-state index in [4.69, 9.17) is 0 Å². The van der Waals surface area contributed by atoms with Crippen LogP contribution in [-0.2, 0) is 5.92 Å². The monoisotopic (exact) mass is 275 g/mol. The first kappa shape index (κ1) is 13.5. The first-order valence-electron chi connectivity index (χ1n) is 5.32. The van der Waals surface area contributed by atoms with Crippen LogP contribution < -0.4 is 5.43 Å². The molecule has 2 aromatic rings. The molecule has 0 atom stereocenters. The van der Waals surface area contributed by atoms with Crippen LogP contribution in [0.5, 0.6) is 0 Å². The van der Waals surface area contributed by atoms with Gasteiger partial charge in [-0.05, 0) is 25.5 Å². The SMILES string of the molecule is Cc1cc(C)c2c(=O)cc(C(F)(F)C(F)F)oc2n1. The molecule has 2 rings (SSSR count). The molecule has 19 heavy (non-hydrogen) atoms. The van der Waals surface area contributed by atoms with Crippen molar-refractivity contribution in [3.8, 4) is 0 Å². The van der Waals surface area contributed by atoms with Gasteiger partial charge >= 0.3 is 12.3 Å². The standard InChI is InChI=1S/C12H9F4NO2/c1-5-3-6(2)17-10-9(5)7(18)4-8(19-10)12(15,16)11(13)14/h3-4,11H,1-2H3. The first-order valence-corrected chi connectivity index (χ1v) is 5.32. The van der Waals surface area contributed by atoms with Crippen LogP contribution in [0.3, 0.4) is 0 Å². The molecule has 102 valence electrons. The van der Waals surface area contributed by atoms with E-state index in [-0.39, 0.29) is 11.1 Å². The molecule has 0 aromatic carbocycles. The molecule has 0 saturated heterocycles. The zero-order valence-electron chi connectivity index (χ0n) is 10.0. The van der Waals surface area contributed by atoms with Crippen molar-refractivity contribution in [2.75, 3.05) is 0 Å². The summed E-state index contributed by atoms with van der Waals surface area (Å²) >= 11 is 0. The highest BCUT2D eigenvalue weighted by Crippen LogP contribution is 2.34. The van der Waals surface area contributed by atoms with Gasteiger partial charge in [0.25, 0.3) is 0 Å². The number of fused-ring (bicyclic) bond motifs is 1. The Balaban J connectivity index is 2.79. The van der Waals surface area contributed by atoms with Crippen molar-refractivity contribution >= 4 is 11.1 Å². The Hall–Kier alpha value is -1.92. The molecular formula is C12H9F4NO2. The Labute approximate surface area is 104 Å². The first-order chi connectivity index (χ1) is 8.73. The normalized spacial score (nSPS) is 12.4. The number of halogens is 4. The average Bonchev–Trinajstić information content (AvgIpc) is 2.26. The minimum atomic E-state index is -4.52. The van der Waals surface area contributed by atoms with Gasteiger partial charge in [0, 0.05) is 11.8 Å². The molecule has 0 saturated carbocycles. The molecule has 0 amide bonds. The topological polar surface area (TPSA) is 43.1 Å². The maximum absolute atomic E-state index is 13.2. The number of alkyl halides is 4. The van der Waals surface area contributed by atoms with Crippen LogP contribution in [0, 0.1) is 13.8 Å². The van der Waals surface area contributed by atoms with Gasteiger partial charge in [-0.2, -0.15) is 8.78 Å². The Kier molecular flexibility index (Phi) is 3.07. The van der Waals surface area contributed by atoms with Crippen LogP contribution in [0.1, 0.15) is 17.0 Å². The van der Waals surface area contributed by atoms with Crippen LogP contribution in [0.25, 0.3) is 11.1 Å². The highest BCUT2D eigenvalue weighted by molar-refractivity contribution is 5.76. The summed E-state index contributed by atoms with van der Waals surface area (Å²) in [4.78, 5) is 15.5. The summed E-state index contributed by atoms with van der Waals surface area (Å²) < 4.78 is 55.6. The molecule has 2 heterocycles. The van der Waals surface area contributed by atoms with E-state index in [0.717, 1.165) is 0 Å². The number of pyridine rings is 1. The van der Waals surface area contributed by atoms with Crippen molar-refractivity contribution in [1.82, 2.24) is 4.98 Å². The van der Waals surface area contributed by atoms with Gasteiger partial charge in [-0.3, -0.25) is 4.79 Å². The summed E-state index contributed by atoms with van der Waals surface area (Å²) in [5.74, 6) is -5.90. The Morgan fingerprint density at radius 3 is 2.47 bits per heavy atom. The zero-order chi connectivity index (χ0) is 14.4. The fourth-order valence-corrected chi connectivity index (χ4v) is 1.77. The Morgan fingerprint density at radius 1 is 1.26 bits per heavy atom. The number of rotatable bonds is 2. The molecule has 0 spiro atoms. The predicted octanol–water partition coefficient (Wildman–Crippen LogP) is 3.16. The second kappa shape index (κ2) is 4.32. The quantitative estimate of drug-likeness (QED) is 0.791.